The van der Waals surface area contributed by atoms with E-state index in [-0.39, 0.29) is 17.2 Å². The Bertz CT molecular complexity index is 970. The van der Waals surface area contributed by atoms with Gasteiger partial charge in [-0.3, -0.25) is 0 Å². The molecule has 1 aromatic heterocycles. The minimum atomic E-state index is -0.423. The van der Waals surface area contributed by atoms with Crippen molar-refractivity contribution in [2.75, 3.05) is 30.6 Å². The smallest absolute Gasteiger partial charge is 0.159 e. The molecule has 0 aliphatic carbocycles. The lowest BCUT2D eigenvalue weighted by Crippen LogP contribution is -2.06. The highest BCUT2D eigenvalue weighted by Gasteiger charge is 2.14. The number of ether oxygens (including phenoxy) is 2. The van der Waals surface area contributed by atoms with Crippen LogP contribution in [-0.4, -0.2) is 24.2 Å². The van der Waals surface area contributed by atoms with Crippen LogP contribution >= 0.6 is 11.6 Å². The topological polar surface area (TPSA) is 94.3 Å². The first kappa shape index (κ1) is 18.5. The molecule has 0 aliphatic rings. The van der Waals surface area contributed by atoms with Crippen LogP contribution in [0.2, 0.25) is 5.02 Å². The van der Waals surface area contributed by atoms with E-state index in [1.807, 2.05) is 0 Å². The van der Waals surface area contributed by atoms with E-state index in [9.17, 15) is 4.39 Å². The number of halogens is 2. The molecule has 3 rings (SSSR count). The summed E-state index contributed by atoms with van der Waals surface area (Å²) in [6.07, 6.45) is 1.31. The van der Waals surface area contributed by atoms with E-state index in [4.69, 9.17) is 26.8 Å². The van der Waals surface area contributed by atoms with Crippen LogP contribution in [0.5, 0.6) is 11.5 Å². The molecule has 0 radical (unpaired) electrons. The molecule has 0 spiro atoms. The second-order valence-electron chi connectivity index (χ2n) is 5.40. The van der Waals surface area contributed by atoms with Gasteiger partial charge in [-0.05, 0) is 18.2 Å². The highest BCUT2D eigenvalue weighted by Crippen LogP contribution is 2.38. The summed E-state index contributed by atoms with van der Waals surface area (Å²) < 4.78 is 24.4. The number of benzene rings is 2. The van der Waals surface area contributed by atoms with Crippen molar-refractivity contribution in [3.63, 3.8) is 0 Å². The van der Waals surface area contributed by atoms with Gasteiger partial charge < -0.3 is 25.8 Å². The maximum Gasteiger partial charge on any atom is 0.159 e. The number of para-hydroxylation sites is 1. The van der Waals surface area contributed by atoms with Gasteiger partial charge in [-0.1, -0.05) is 23.7 Å². The average Bonchev–Trinajstić information content (AvgIpc) is 2.67. The van der Waals surface area contributed by atoms with Crippen LogP contribution in [-0.2, 0) is 0 Å². The second-order valence-corrected chi connectivity index (χ2v) is 5.81. The number of nitrogen functional groups attached to an aromatic ring is 1. The first-order valence-corrected chi connectivity index (χ1v) is 8.22. The first-order valence-electron chi connectivity index (χ1n) is 7.84. The number of rotatable bonds is 6. The van der Waals surface area contributed by atoms with Crippen molar-refractivity contribution in [2.45, 2.75) is 0 Å². The van der Waals surface area contributed by atoms with Gasteiger partial charge in [0, 0.05) is 6.07 Å². The van der Waals surface area contributed by atoms with Gasteiger partial charge in [0.05, 0.1) is 30.6 Å². The van der Waals surface area contributed by atoms with Gasteiger partial charge in [0.25, 0.3) is 0 Å². The number of aromatic nitrogens is 2. The number of methoxy groups -OCH3 is 2. The van der Waals surface area contributed by atoms with Crippen LogP contribution < -0.4 is 25.8 Å². The molecule has 0 atom stereocenters. The molecule has 2 aromatic carbocycles. The zero-order valence-electron chi connectivity index (χ0n) is 14.6. The van der Waals surface area contributed by atoms with Crippen LogP contribution in [0.4, 0.5) is 33.1 Å². The Balaban J connectivity index is 1.93. The van der Waals surface area contributed by atoms with E-state index < -0.39 is 5.82 Å². The maximum atomic E-state index is 13.9. The fraction of sp³-hybridized carbons (Fsp3) is 0.111. The van der Waals surface area contributed by atoms with Crippen molar-refractivity contribution < 1.29 is 13.9 Å². The third-order valence-electron chi connectivity index (χ3n) is 3.74. The summed E-state index contributed by atoms with van der Waals surface area (Å²) in [7, 11) is 3.03. The molecule has 0 fully saturated rings. The number of nitrogens with one attached hydrogen (secondary N) is 2. The zero-order valence-corrected chi connectivity index (χ0v) is 15.3. The van der Waals surface area contributed by atoms with E-state index in [2.05, 4.69) is 20.6 Å². The van der Waals surface area contributed by atoms with Crippen molar-refractivity contribution in [3.05, 3.63) is 53.6 Å². The molecule has 7 nitrogen and oxygen atoms in total. The molecule has 27 heavy (non-hydrogen) atoms. The third kappa shape index (κ3) is 3.95. The van der Waals surface area contributed by atoms with Crippen molar-refractivity contribution >= 4 is 40.3 Å². The summed E-state index contributed by atoms with van der Waals surface area (Å²) in [6.45, 7) is 0. The Labute approximate surface area is 160 Å². The summed E-state index contributed by atoms with van der Waals surface area (Å²) in [5, 5.41) is 6.29. The third-order valence-corrected chi connectivity index (χ3v) is 4.03. The van der Waals surface area contributed by atoms with E-state index >= 15 is 0 Å². The van der Waals surface area contributed by atoms with E-state index in [1.54, 1.807) is 30.3 Å². The van der Waals surface area contributed by atoms with Gasteiger partial charge >= 0.3 is 0 Å². The highest BCUT2D eigenvalue weighted by atomic mass is 35.5. The first-order chi connectivity index (χ1) is 13.0. The molecule has 4 N–H and O–H groups in total. The molecule has 0 unspecified atom stereocenters. The van der Waals surface area contributed by atoms with Crippen molar-refractivity contribution in [1.29, 1.82) is 0 Å². The molecule has 0 bridgehead atoms. The van der Waals surface area contributed by atoms with Gasteiger partial charge in [-0.25, -0.2) is 14.4 Å². The molecule has 0 aliphatic heterocycles. The summed E-state index contributed by atoms with van der Waals surface area (Å²) in [5.74, 6) is 1.10. The normalized spacial score (nSPS) is 10.4. The summed E-state index contributed by atoms with van der Waals surface area (Å²) in [4.78, 5) is 8.21. The van der Waals surface area contributed by atoms with Gasteiger partial charge in [-0.2, -0.15) is 0 Å². The number of nitrogens with zero attached hydrogens (tertiary/aromatic N) is 2. The zero-order chi connectivity index (χ0) is 19.4. The number of nitrogens with two attached hydrogens (primary N) is 1. The maximum absolute atomic E-state index is 13.9. The molecule has 9 heteroatoms. The summed E-state index contributed by atoms with van der Waals surface area (Å²) >= 11 is 6.18. The Morgan fingerprint density at radius 2 is 1.59 bits per heavy atom. The van der Waals surface area contributed by atoms with Gasteiger partial charge in [0.2, 0.25) is 0 Å². The summed E-state index contributed by atoms with van der Waals surface area (Å²) in [6, 6.07) is 9.48. The largest absolute Gasteiger partial charge is 0.495 e. The monoisotopic (exact) mass is 389 g/mol. The average molecular weight is 390 g/mol. The van der Waals surface area contributed by atoms with E-state index in [1.165, 1.54) is 26.6 Å². The Kier molecular flexibility index (Phi) is 5.46. The molecule has 0 amide bonds. The lowest BCUT2D eigenvalue weighted by atomic mass is 10.2. The number of hydrogen-bond acceptors (Lipinski definition) is 7. The van der Waals surface area contributed by atoms with Crippen molar-refractivity contribution in [2.24, 2.45) is 0 Å². The van der Waals surface area contributed by atoms with Crippen LogP contribution in [0, 0.1) is 5.82 Å². The predicted molar refractivity (Wildman–Crippen MR) is 104 cm³/mol. The molecule has 0 saturated heterocycles. The van der Waals surface area contributed by atoms with Crippen LogP contribution in [0.1, 0.15) is 0 Å². The molecule has 140 valence electrons. The second kappa shape index (κ2) is 7.96. The molecule has 3 aromatic rings. The Morgan fingerprint density at radius 1 is 0.963 bits per heavy atom. The molecule has 1 heterocycles. The fourth-order valence-corrected chi connectivity index (χ4v) is 2.61. The van der Waals surface area contributed by atoms with Crippen LogP contribution in [0.15, 0.2) is 42.7 Å². The number of hydrogen-bond donors (Lipinski definition) is 3. The van der Waals surface area contributed by atoms with Crippen LogP contribution in [0.25, 0.3) is 0 Å². The van der Waals surface area contributed by atoms with Crippen molar-refractivity contribution in [1.82, 2.24) is 9.97 Å². The predicted octanol–water partition coefficient (Wildman–Crippen LogP) is 4.36. The Morgan fingerprint density at radius 3 is 2.22 bits per heavy atom. The van der Waals surface area contributed by atoms with Gasteiger partial charge in [0.15, 0.2) is 11.6 Å². The minimum Gasteiger partial charge on any atom is -0.495 e. The van der Waals surface area contributed by atoms with Gasteiger partial charge in [-0.15, -0.1) is 0 Å². The van der Waals surface area contributed by atoms with Crippen molar-refractivity contribution in [3.8, 4) is 11.5 Å². The lowest BCUT2D eigenvalue weighted by Gasteiger charge is -2.16. The molecular weight excluding hydrogens is 373 g/mol. The quantitative estimate of drug-likeness (QED) is 0.576. The summed E-state index contributed by atoms with van der Waals surface area (Å²) in [5.41, 5.74) is 7.13. The highest BCUT2D eigenvalue weighted by molar-refractivity contribution is 6.32. The fourth-order valence-electron chi connectivity index (χ4n) is 2.37. The molecule has 0 saturated carbocycles. The van der Waals surface area contributed by atoms with E-state index in [0.717, 1.165) is 0 Å². The van der Waals surface area contributed by atoms with Crippen LogP contribution in [0.3, 0.4) is 0 Å². The molecular formula is C18H17ClFN5O2. The van der Waals surface area contributed by atoms with Gasteiger partial charge in [0.1, 0.15) is 29.3 Å². The number of anilines is 5. The standard InChI is InChI=1S/C18H17ClFN5O2/c1-26-14-8-15(27-2)13(7-10(14)19)25-18-16(21)17(22-9-23-18)24-12-6-4-3-5-11(12)20/h3-9H,21H2,1-2H3,(H2,22,23,24,25). The Hall–Kier alpha value is -3.26. The van der Waals surface area contributed by atoms with E-state index in [0.29, 0.717) is 28.0 Å². The minimum absolute atomic E-state index is 0.203. The lowest BCUT2D eigenvalue weighted by molar-refractivity contribution is 0.396. The SMILES string of the molecule is COc1cc(OC)c(Nc2ncnc(Nc3ccccc3F)c2N)cc1Cl.